The molecular formula is C15H28N4O3. The molecule has 1 fully saturated rings. The Bertz CT molecular complexity index is 415. The number of hydrogen-bond acceptors (Lipinski definition) is 3. The number of aliphatic imine (C=N–C) groups is 1. The minimum atomic E-state index is -0.698. The predicted molar refractivity (Wildman–Crippen MR) is 85.9 cm³/mol. The van der Waals surface area contributed by atoms with Gasteiger partial charge in [-0.1, -0.05) is 19.3 Å². The summed E-state index contributed by atoms with van der Waals surface area (Å²) in [5.74, 6) is 0.249. The van der Waals surface area contributed by atoms with Crippen LogP contribution in [-0.2, 0) is 4.74 Å². The highest BCUT2D eigenvalue weighted by molar-refractivity contribution is 6.00. The molecule has 1 saturated carbocycles. The molecule has 0 aromatic rings. The smallest absolute Gasteiger partial charge is 0.437 e. The summed E-state index contributed by atoms with van der Waals surface area (Å²) in [6, 6.07) is -0.0496. The van der Waals surface area contributed by atoms with Crippen molar-refractivity contribution in [1.82, 2.24) is 15.1 Å². The standard InChI is InChI=1S/C15H28N4O3/c1-11(2)22-15(21)17-13(18(3)4)19(5)14(20)16-12-9-7-6-8-10-12/h11-12H,6-10H2,1-5H3,(H,16,20). The van der Waals surface area contributed by atoms with Crippen molar-refractivity contribution in [2.45, 2.75) is 58.1 Å². The highest BCUT2D eigenvalue weighted by Gasteiger charge is 2.22. The lowest BCUT2D eigenvalue weighted by molar-refractivity contribution is 0.125. The van der Waals surface area contributed by atoms with Crippen LogP contribution in [0, 0.1) is 0 Å². The number of rotatable bonds is 2. The van der Waals surface area contributed by atoms with Crippen molar-refractivity contribution < 1.29 is 14.3 Å². The van der Waals surface area contributed by atoms with E-state index in [1.165, 1.54) is 11.3 Å². The molecule has 0 spiro atoms. The fourth-order valence-corrected chi connectivity index (χ4v) is 2.39. The summed E-state index contributed by atoms with van der Waals surface area (Å²) in [7, 11) is 5.05. The summed E-state index contributed by atoms with van der Waals surface area (Å²) in [4.78, 5) is 30.8. The quantitative estimate of drug-likeness (QED) is 0.628. The van der Waals surface area contributed by atoms with Crippen LogP contribution in [0.15, 0.2) is 4.99 Å². The highest BCUT2D eigenvalue weighted by atomic mass is 16.6. The molecule has 7 nitrogen and oxygen atoms in total. The Morgan fingerprint density at radius 1 is 1.14 bits per heavy atom. The van der Waals surface area contributed by atoms with Gasteiger partial charge in [-0.15, -0.1) is 4.99 Å². The van der Waals surface area contributed by atoms with Gasteiger partial charge < -0.3 is 15.0 Å². The summed E-state index contributed by atoms with van der Waals surface area (Å²) in [6.45, 7) is 3.50. The van der Waals surface area contributed by atoms with Gasteiger partial charge in [0.15, 0.2) is 0 Å². The SMILES string of the molecule is CC(C)OC(=O)N=C(N(C)C)N(C)C(=O)NC1CCCCC1. The van der Waals surface area contributed by atoms with E-state index >= 15 is 0 Å². The Hall–Kier alpha value is -1.79. The minimum Gasteiger partial charge on any atom is -0.445 e. The molecule has 1 aliphatic carbocycles. The molecule has 7 heteroatoms. The van der Waals surface area contributed by atoms with E-state index in [2.05, 4.69) is 10.3 Å². The van der Waals surface area contributed by atoms with Crippen LogP contribution in [0.5, 0.6) is 0 Å². The molecule has 0 aromatic heterocycles. The molecule has 126 valence electrons. The third-order valence-corrected chi connectivity index (χ3v) is 3.47. The second kappa shape index (κ2) is 8.60. The van der Waals surface area contributed by atoms with Gasteiger partial charge in [-0.2, -0.15) is 0 Å². The first kappa shape index (κ1) is 18.3. The van der Waals surface area contributed by atoms with Crippen molar-refractivity contribution in [3.63, 3.8) is 0 Å². The summed E-state index contributed by atoms with van der Waals surface area (Å²) >= 11 is 0. The van der Waals surface area contributed by atoms with Gasteiger partial charge >= 0.3 is 12.1 Å². The van der Waals surface area contributed by atoms with Crippen LogP contribution < -0.4 is 5.32 Å². The Labute approximate surface area is 132 Å². The van der Waals surface area contributed by atoms with E-state index < -0.39 is 6.09 Å². The Morgan fingerprint density at radius 2 is 1.73 bits per heavy atom. The molecule has 1 N–H and O–H groups in total. The number of ether oxygens (including phenoxy) is 1. The lowest BCUT2D eigenvalue weighted by Gasteiger charge is -2.28. The maximum Gasteiger partial charge on any atom is 0.437 e. The molecule has 1 aliphatic rings. The number of nitrogens with one attached hydrogen (secondary N) is 1. The van der Waals surface area contributed by atoms with Crippen molar-refractivity contribution in [2.24, 2.45) is 4.99 Å². The number of amides is 3. The number of carbonyl (C=O) groups is 2. The Kier molecular flexibility index (Phi) is 7.14. The molecule has 0 saturated heterocycles. The number of carbonyl (C=O) groups excluding carboxylic acids is 2. The number of guanidine groups is 1. The molecular weight excluding hydrogens is 284 g/mol. The molecule has 0 unspecified atom stereocenters. The third-order valence-electron chi connectivity index (χ3n) is 3.47. The van der Waals surface area contributed by atoms with Gasteiger partial charge in [-0.3, -0.25) is 4.90 Å². The van der Waals surface area contributed by atoms with Crippen LogP contribution in [0.3, 0.4) is 0 Å². The van der Waals surface area contributed by atoms with Crippen LogP contribution >= 0.6 is 0 Å². The van der Waals surface area contributed by atoms with Gasteiger partial charge in [0.05, 0.1) is 6.10 Å². The van der Waals surface area contributed by atoms with Gasteiger partial charge in [0, 0.05) is 27.2 Å². The van der Waals surface area contributed by atoms with Gasteiger partial charge in [-0.25, -0.2) is 9.59 Å². The first-order chi connectivity index (χ1) is 10.3. The molecule has 0 bridgehead atoms. The minimum absolute atomic E-state index is 0.203. The van der Waals surface area contributed by atoms with Crippen molar-refractivity contribution in [1.29, 1.82) is 0 Å². The zero-order chi connectivity index (χ0) is 16.7. The molecule has 3 amide bonds. The maximum absolute atomic E-state index is 12.3. The van der Waals surface area contributed by atoms with E-state index in [0.29, 0.717) is 0 Å². The molecule has 0 aromatic carbocycles. The van der Waals surface area contributed by atoms with E-state index in [-0.39, 0.29) is 24.1 Å². The highest BCUT2D eigenvalue weighted by Crippen LogP contribution is 2.17. The van der Waals surface area contributed by atoms with E-state index in [4.69, 9.17) is 4.74 Å². The van der Waals surface area contributed by atoms with Crippen molar-refractivity contribution in [2.75, 3.05) is 21.1 Å². The first-order valence-corrected chi connectivity index (χ1v) is 7.82. The van der Waals surface area contributed by atoms with Crippen molar-refractivity contribution >= 4 is 18.1 Å². The fraction of sp³-hybridized carbons (Fsp3) is 0.800. The lowest BCUT2D eigenvalue weighted by atomic mass is 9.96. The van der Waals surface area contributed by atoms with E-state index in [0.717, 1.165) is 25.7 Å². The fourth-order valence-electron chi connectivity index (χ4n) is 2.39. The first-order valence-electron chi connectivity index (χ1n) is 7.82. The van der Waals surface area contributed by atoms with E-state index in [1.807, 2.05) is 0 Å². The van der Waals surface area contributed by atoms with Crippen molar-refractivity contribution in [3.8, 4) is 0 Å². The van der Waals surface area contributed by atoms with Crippen LogP contribution in [0.1, 0.15) is 46.0 Å². The molecule has 0 radical (unpaired) electrons. The Balaban J connectivity index is 2.70. The average molecular weight is 312 g/mol. The topological polar surface area (TPSA) is 74.2 Å². The van der Waals surface area contributed by atoms with Crippen LogP contribution in [0.2, 0.25) is 0 Å². The summed E-state index contributed by atoms with van der Waals surface area (Å²) in [5.41, 5.74) is 0. The zero-order valence-electron chi connectivity index (χ0n) is 14.3. The third kappa shape index (κ3) is 5.91. The maximum atomic E-state index is 12.3. The Morgan fingerprint density at radius 3 is 2.23 bits per heavy atom. The zero-order valence-corrected chi connectivity index (χ0v) is 14.3. The van der Waals surface area contributed by atoms with Crippen molar-refractivity contribution in [3.05, 3.63) is 0 Å². The summed E-state index contributed by atoms with van der Waals surface area (Å²) < 4.78 is 5.00. The molecule has 0 heterocycles. The molecule has 22 heavy (non-hydrogen) atoms. The number of nitrogens with zero attached hydrogens (tertiary/aromatic N) is 3. The van der Waals surface area contributed by atoms with Crippen LogP contribution in [0.4, 0.5) is 9.59 Å². The number of hydrogen-bond donors (Lipinski definition) is 1. The molecule has 0 aliphatic heterocycles. The monoisotopic (exact) mass is 312 g/mol. The largest absolute Gasteiger partial charge is 0.445 e. The van der Waals surface area contributed by atoms with E-state index in [9.17, 15) is 9.59 Å². The summed E-state index contributed by atoms with van der Waals surface area (Å²) in [6.07, 6.45) is 4.58. The van der Waals surface area contributed by atoms with E-state index in [1.54, 1.807) is 39.9 Å². The predicted octanol–water partition coefficient (Wildman–Crippen LogP) is 2.42. The number of urea groups is 1. The van der Waals surface area contributed by atoms with Gasteiger partial charge in [-0.05, 0) is 26.7 Å². The summed E-state index contributed by atoms with van der Waals surface area (Å²) in [5, 5.41) is 3.00. The van der Waals surface area contributed by atoms with Crippen LogP contribution in [-0.4, -0.2) is 61.2 Å². The second-order valence-corrected chi connectivity index (χ2v) is 6.08. The lowest BCUT2D eigenvalue weighted by Crippen LogP contribution is -2.50. The van der Waals surface area contributed by atoms with Crippen LogP contribution in [0.25, 0.3) is 0 Å². The molecule has 0 atom stereocenters. The van der Waals surface area contributed by atoms with Gasteiger partial charge in [0.25, 0.3) is 0 Å². The second-order valence-electron chi connectivity index (χ2n) is 6.08. The molecule has 1 rings (SSSR count). The average Bonchev–Trinajstić information content (AvgIpc) is 2.44. The van der Waals surface area contributed by atoms with Gasteiger partial charge in [0.2, 0.25) is 5.96 Å². The van der Waals surface area contributed by atoms with Gasteiger partial charge in [0.1, 0.15) is 0 Å². The normalized spacial score (nSPS) is 16.4.